The first-order valence-corrected chi connectivity index (χ1v) is 8.87. The number of halogens is 1. The summed E-state index contributed by atoms with van der Waals surface area (Å²) in [6.45, 7) is 0.945. The number of hydrogen-bond acceptors (Lipinski definition) is 3. The second-order valence-corrected chi connectivity index (χ2v) is 6.78. The molecule has 126 valence electrons. The third-order valence-corrected chi connectivity index (χ3v) is 4.82. The number of nitrogens with one attached hydrogen (secondary N) is 1. The number of thiophene rings is 1. The summed E-state index contributed by atoms with van der Waals surface area (Å²) in [5.74, 6) is -0.299. The van der Waals surface area contributed by atoms with Crippen LogP contribution >= 0.6 is 11.3 Å². The van der Waals surface area contributed by atoms with Gasteiger partial charge in [-0.15, -0.1) is 0 Å². The summed E-state index contributed by atoms with van der Waals surface area (Å²) in [5.41, 5.74) is 2.05. The van der Waals surface area contributed by atoms with E-state index in [-0.39, 0.29) is 23.7 Å². The Labute approximate surface area is 144 Å². The molecule has 1 aromatic carbocycles. The molecule has 0 saturated carbocycles. The maximum atomic E-state index is 12.9. The molecule has 1 saturated heterocycles. The highest BCUT2D eigenvalue weighted by Crippen LogP contribution is 2.16. The number of likely N-dealkylation sites (tertiary alicyclic amines) is 1. The standard InChI is InChI=1S/C18H19FN2O2S/c19-15-4-1-13(2-5-15)10-21-11-16(9-18(21)23)20-17(22)6-3-14-7-8-24-12-14/h1-2,4-5,7-8,12,16H,3,6,9-11H2,(H,20,22)/t16-/m1/s1. The average Bonchev–Trinajstić information content (AvgIpc) is 3.18. The number of nitrogens with zero attached hydrogens (tertiary/aromatic N) is 1. The minimum atomic E-state index is -0.290. The zero-order valence-corrected chi connectivity index (χ0v) is 14.0. The van der Waals surface area contributed by atoms with Gasteiger partial charge in [-0.25, -0.2) is 4.39 Å². The molecule has 0 spiro atoms. The molecule has 1 aromatic heterocycles. The smallest absolute Gasteiger partial charge is 0.225 e. The molecular formula is C18H19FN2O2S. The number of amides is 2. The van der Waals surface area contributed by atoms with Gasteiger partial charge in [-0.2, -0.15) is 11.3 Å². The minimum Gasteiger partial charge on any atom is -0.351 e. The van der Waals surface area contributed by atoms with Crippen LogP contribution in [0.1, 0.15) is 24.0 Å². The van der Waals surface area contributed by atoms with Crippen molar-refractivity contribution < 1.29 is 14.0 Å². The quantitative estimate of drug-likeness (QED) is 0.874. The van der Waals surface area contributed by atoms with Crippen LogP contribution in [-0.4, -0.2) is 29.3 Å². The second kappa shape index (κ2) is 7.57. The number of carbonyl (C=O) groups excluding carboxylic acids is 2. The van der Waals surface area contributed by atoms with Gasteiger partial charge < -0.3 is 10.2 Å². The van der Waals surface area contributed by atoms with E-state index in [1.165, 1.54) is 12.1 Å². The third kappa shape index (κ3) is 4.41. The van der Waals surface area contributed by atoms with Gasteiger partial charge in [0.1, 0.15) is 5.82 Å². The lowest BCUT2D eigenvalue weighted by Gasteiger charge is -2.17. The molecule has 2 heterocycles. The molecule has 0 radical (unpaired) electrons. The maximum Gasteiger partial charge on any atom is 0.225 e. The van der Waals surface area contributed by atoms with Crippen molar-refractivity contribution in [1.82, 2.24) is 10.2 Å². The maximum absolute atomic E-state index is 12.9. The van der Waals surface area contributed by atoms with Crippen molar-refractivity contribution in [2.45, 2.75) is 31.8 Å². The van der Waals surface area contributed by atoms with Crippen molar-refractivity contribution in [3.63, 3.8) is 0 Å². The monoisotopic (exact) mass is 346 g/mol. The van der Waals surface area contributed by atoms with Crippen LogP contribution in [0.15, 0.2) is 41.1 Å². The van der Waals surface area contributed by atoms with Gasteiger partial charge in [0.15, 0.2) is 0 Å². The van der Waals surface area contributed by atoms with Gasteiger partial charge in [-0.3, -0.25) is 9.59 Å². The first-order chi connectivity index (χ1) is 11.6. The van der Waals surface area contributed by atoms with Crippen LogP contribution in [0, 0.1) is 5.82 Å². The Kier molecular flexibility index (Phi) is 5.25. The lowest BCUT2D eigenvalue weighted by molar-refractivity contribution is -0.128. The van der Waals surface area contributed by atoms with Gasteiger partial charge in [0, 0.05) is 25.9 Å². The Hall–Kier alpha value is -2.21. The van der Waals surface area contributed by atoms with Crippen molar-refractivity contribution in [1.29, 1.82) is 0 Å². The first kappa shape index (κ1) is 16.6. The molecule has 1 atom stereocenters. The SMILES string of the molecule is O=C(CCc1ccsc1)N[C@@H]1CC(=O)N(Cc2ccc(F)cc2)C1. The van der Waals surface area contributed by atoms with Crippen molar-refractivity contribution in [3.8, 4) is 0 Å². The summed E-state index contributed by atoms with van der Waals surface area (Å²) in [6, 6.07) is 8.00. The Bertz CT molecular complexity index is 700. The fraction of sp³-hybridized carbons (Fsp3) is 0.333. The molecule has 4 nitrogen and oxygen atoms in total. The molecule has 1 fully saturated rings. The summed E-state index contributed by atoms with van der Waals surface area (Å²) >= 11 is 1.62. The van der Waals surface area contributed by atoms with Crippen molar-refractivity contribution in [3.05, 3.63) is 58.0 Å². The first-order valence-electron chi connectivity index (χ1n) is 7.93. The summed E-state index contributed by atoms with van der Waals surface area (Å²) in [6.07, 6.45) is 1.47. The van der Waals surface area contributed by atoms with Crippen LogP contribution in [0.4, 0.5) is 4.39 Å². The Morgan fingerprint density at radius 1 is 1.25 bits per heavy atom. The highest BCUT2D eigenvalue weighted by Gasteiger charge is 2.30. The molecule has 0 bridgehead atoms. The molecule has 1 N–H and O–H groups in total. The van der Waals surface area contributed by atoms with E-state index < -0.39 is 0 Å². The number of aryl methyl sites for hydroxylation is 1. The van der Waals surface area contributed by atoms with Crippen LogP contribution in [0.2, 0.25) is 0 Å². The van der Waals surface area contributed by atoms with Gasteiger partial charge >= 0.3 is 0 Å². The van der Waals surface area contributed by atoms with E-state index in [4.69, 9.17) is 0 Å². The van der Waals surface area contributed by atoms with E-state index in [2.05, 4.69) is 5.32 Å². The molecule has 0 aliphatic carbocycles. The lowest BCUT2D eigenvalue weighted by atomic mass is 10.1. The van der Waals surface area contributed by atoms with Gasteiger partial charge in [0.2, 0.25) is 11.8 Å². The highest BCUT2D eigenvalue weighted by molar-refractivity contribution is 7.07. The van der Waals surface area contributed by atoms with Crippen LogP contribution in [-0.2, 0) is 22.6 Å². The summed E-state index contributed by atoms with van der Waals surface area (Å²) in [7, 11) is 0. The van der Waals surface area contributed by atoms with Crippen molar-refractivity contribution >= 4 is 23.2 Å². The van der Waals surface area contributed by atoms with Gasteiger partial charge in [-0.1, -0.05) is 12.1 Å². The van der Waals surface area contributed by atoms with E-state index >= 15 is 0 Å². The van der Waals surface area contributed by atoms with Gasteiger partial charge in [0.05, 0.1) is 6.04 Å². The Balaban J connectivity index is 1.47. The predicted molar refractivity (Wildman–Crippen MR) is 91.0 cm³/mol. The molecule has 2 amide bonds. The summed E-state index contributed by atoms with van der Waals surface area (Å²) < 4.78 is 12.9. The van der Waals surface area contributed by atoms with Crippen molar-refractivity contribution in [2.24, 2.45) is 0 Å². The molecule has 0 unspecified atom stereocenters. The van der Waals surface area contributed by atoms with E-state index in [1.807, 2.05) is 16.8 Å². The van der Waals surface area contributed by atoms with Gasteiger partial charge in [-0.05, 0) is 46.5 Å². The van der Waals surface area contributed by atoms with Crippen LogP contribution in [0.3, 0.4) is 0 Å². The predicted octanol–water partition coefficient (Wildman–Crippen LogP) is 2.74. The van der Waals surface area contributed by atoms with Crippen molar-refractivity contribution in [2.75, 3.05) is 6.54 Å². The van der Waals surface area contributed by atoms with E-state index in [9.17, 15) is 14.0 Å². The van der Waals surface area contributed by atoms with E-state index in [0.29, 0.717) is 25.9 Å². The summed E-state index contributed by atoms with van der Waals surface area (Å²) in [5, 5.41) is 6.97. The molecule has 24 heavy (non-hydrogen) atoms. The fourth-order valence-electron chi connectivity index (χ4n) is 2.82. The fourth-order valence-corrected chi connectivity index (χ4v) is 3.53. The lowest BCUT2D eigenvalue weighted by Crippen LogP contribution is -2.37. The number of benzene rings is 1. The minimum absolute atomic E-state index is 0.0162. The zero-order valence-electron chi connectivity index (χ0n) is 13.2. The van der Waals surface area contributed by atoms with Gasteiger partial charge in [0.25, 0.3) is 0 Å². The van der Waals surface area contributed by atoms with Crippen LogP contribution < -0.4 is 5.32 Å². The van der Waals surface area contributed by atoms with E-state index in [0.717, 1.165) is 17.5 Å². The van der Waals surface area contributed by atoms with Crippen LogP contribution in [0.5, 0.6) is 0 Å². The Morgan fingerprint density at radius 2 is 2.04 bits per heavy atom. The highest BCUT2D eigenvalue weighted by atomic mass is 32.1. The molecule has 1 aliphatic rings. The second-order valence-electron chi connectivity index (χ2n) is 6.00. The van der Waals surface area contributed by atoms with E-state index in [1.54, 1.807) is 28.4 Å². The summed E-state index contributed by atoms with van der Waals surface area (Å²) in [4.78, 5) is 25.8. The number of hydrogen-bond donors (Lipinski definition) is 1. The molecule has 1 aliphatic heterocycles. The van der Waals surface area contributed by atoms with Crippen LogP contribution in [0.25, 0.3) is 0 Å². The normalized spacial score (nSPS) is 17.3. The Morgan fingerprint density at radius 3 is 2.75 bits per heavy atom. The molecule has 6 heteroatoms. The number of carbonyl (C=O) groups is 2. The zero-order chi connectivity index (χ0) is 16.9. The third-order valence-electron chi connectivity index (χ3n) is 4.09. The molecule has 2 aromatic rings. The topological polar surface area (TPSA) is 49.4 Å². The average molecular weight is 346 g/mol. The molecule has 3 rings (SSSR count). The largest absolute Gasteiger partial charge is 0.351 e. The molecular weight excluding hydrogens is 327 g/mol. The number of rotatable bonds is 6.